The molecule has 1 unspecified atom stereocenters. The van der Waals surface area contributed by atoms with Gasteiger partial charge in [-0.25, -0.2) is 0 Å². The van der Waals surface area contributed by atoms with Gasteiger partial charge in [-0.05, 0) is 43.2 Å². The van der Waals surface area contributed by atoms with Crippen molar-refractivity contribution in [2.24, 2.45) is 5.16 Å². The highest BCUT2D eigenvalue weighted by Crippen LogP contribution is 2.14. The molecule has 5 nitrogen and oxygen atoms in total. The number of hydrogen-bond donors (Lipinski definition) is 0. The third-order valence-electron chi connectivity index (χ3n) is 3.51. The summed E-state index contributed by atoms with van der Waals surface area (Å²) in [6, 6.07) is 3.80. The Bertz CT molecular complexity index is 430. The summed E-state index contributed by atoms with van der Waals surface area (Å²) in [6.45, 7) is 3.78. The van der Waals surface area contributed by atoms with Crippen LogP contribution in [-0.4, -0.2) is 48.1 Å². The summed E-state index contributed by atoms with van der Waals surface area (Å²) in [5.74, 6) is 0.543. The predicted molar refractivity (Wildman–Crippen MR) is 71.9 cm³/mol. The quantitative estimate of drug-likeness (QED) is 0.830. The Morgan fingerprint density at radius 3 is 2.95 bits per heavy atom. The van der Waals surface area contributed by atoms with E-state index < -0.39 is 0 Å². The summed E-state index contributed by atoms with van der Waals surface area (Å²) in [7, 11) is 0. The topological polar surface area (TPSA) is 47.0 Å². The van der Waals surface area contributed by atoms with Crippen LogP contribution in [0.5, 0.6) is 0 Å². The Hall–Kier alpha value is -1.62. The molecule has 0 aromatic carbocycles. The van der Waals surface area contributed by atoms with Crippen LogP contribution in [0.15, 0.2) is 29.7 Å². The fourth-order valence-corrected chi connectivity index (χ4v) is 2.52. The molecule has 0 bridgehead atoms. The third kappa shape index (κ3) is 3.23. The number of oxime groups is 1. The van der Waals surface area contributed by atoms with Crippen LogP contribution in [0.3, 0.4) is 0 Å². The zero-order chi connectivity index (χ0) is 12.9. The summed E-state index contributed by atoms with van der Waals surface area (Å²) < 4.78 is 5.92. The molecule has 0 saturated carbocycles. The van der Waals surface area contributed by atoms with E-state index in [1.807, 2.05) is 12.1 Å². The fraction of sp³-hybridized carbons (Fsp3) is 0.571. The fourth-order valence-electron chi connectivity index (χ4n) is 2.52. The van der Waals surface area contributed by atoms with Crippen LogP contribution in [0.2, 0.25) is 0 Å². The van der Waals surface area contributed by atoms with Gasteiger partial charge in [-0.15, -0.1) is 0 Å². The Balaban J connectivity index is 1.59. The lowest BCUT2D eigenvalue weighted by molar-refractivity contribution is -0.00830. The maximum Gasteiger partial charge on any atom is 0.259 e. The summed E-state index contributed by atoms with van der Waals surface area (Å²) in [6.07, 6.45) is 7.46. The van der Waals surface area contributed by atoms with Crippen molar-refractivity contribution < 1.29 is 9.57 Å². The highest BCUT2D eigenvalue weighted by molar-refractivity contribution is 5.93. The molecule has 0 aliphatic carbocycles. The van der Waals surface area contributed by atoms with Gasteiger partial charge < -0.3 is 9.57 Å². The maximum absolute atomic E-state index is 5.92. The van der Waals surface area contributed by atoms with E-state index in [0.29, 0.717) is 12.5 Å². The van der Waals surface area contributed by atoms with Crippen molar-refractivity contribution in [1.29, 1.82) is 0 Å². The first-order valence-corrected chi connectivity index (χ1v) is 6.91. The number of aromatic nitrogens is 1. The minimum atomic E-state index is 0.0609. The lowest BCUT2D eigenvalue weighted by Crippen LogP contribution is -2.41. The second kappa shape index (κ2) is 6.02. The summed E-state index contributed by atoms with van der Waals surface area (Å²) in [5.41, 5.74) is 0.867. The van der Waals surface area contributed by atoms with Crippen LogP contribution >= 0.6 is 0 Å². The van der Waals surface area contributed by atoms with Gasteiger partial charge >= 0.3 is 0 Å². The molecule has 1 atom stereocenters. The molecule has 5 heteroatoms. The molecule has 0 spiro atoms. The third-order valence-corrected chi connectivity index (χ3v) is 3.51. The van der Waals surface area contributed by atoms with Gasteiger partial charge in [-0.3, -0.25) is 9.88 Å². The van der Waals surface area contributed by atoms with Crippen molar-refractivity contribution in [3.63, 3.8) is 0 Å². The van der Waals surface area contributed by atoms with Crippen molar-refractivity contribution in [2.45, 2.75) is 25.4 Å². The summed E-state index contributed by atoms with van der Waals surface area (Å²) >= 11 is 0. The first kappa shape index (κ1) is 12.4. The maximum atomic E-state index is 5.92. The molecule has 2 aliphatic heterocycles. The van der Waals surface area contributed by atoms with Crippen molar-refractivity contribution >= 4 is 5.90 Å². The molecule has 1 aromatic heterocycles. The highest BCUT2D eigenvalue weighted by Gasteiger charge is 2.24. The number of ether oxygens (including phenoxy) is 1. The van der Waals surface area contributed by atoms with Gasteiger partial charge in [-0.2, -0.15) is 0 Å². The molecular weight excluding hydrogens is 242 g/mol. The Labute approximate surface area is 113 Å². The molecule has 1 fully saturated rings. The van der Waals surface area contributed by atoms with E-state index in [9.17, 15) is 0 Å². The molecule has 102 valence electrons. The number of hydrogen-bond acceptors (Lipinski definition) is 5. The van der Waals surface area contributed by atoms with Crippen LogP contribution in [0, 0.1) is 0 Å². The average molecular weight is 261 g/mol. The highest BCUT2D eigenvalue weighted by atomic mass is 16.7. The second-order valence-electron chi connectivity index (χ2n) is 5.04. The van der Waals surface area contributed by atoms with Gasteiger partial charge in [0.15, 0.2) is 6.61 Å². The normalized spacial score (nSPS) is 24.2. The van der Waals surface area contributed by atoms with Crippen molar-refractivity contribution in [3.8, 4) is 0 Å². The molecule has 3 heterocycles. The average Bonchev–Trinajstić information content (AvgIpc) is 2.49. The largest absolute Gasteiger partial charge is 0.467 e. The Morgan fingerprint density at radius 1 is 1.26 bits per heavy atom. The smallest absolute Gasteiger partial charge is 0.259 e. The van der Waals surface area contributed by atoms with Crippen LogP contribution in [-0.2, 0) is 9.57 Å². The monoisotopic (exact) mass is 261 g/mol. The minimum absolute atomic E-state index is 0.0609. The molecule has 0 radical (unpaired) electrons. The van der Waals surface area contributed by atoms with Crippen LogP contribution in [0.25, 0.3) is 0 Å². The van der Waals surface area contributed by atoms with Gasteiger partial charge in [0.1, 0.15) is 6.10 Å². The molecule has 1 aromatic rings. The second-order valence-corrected chi connectivity index (χ2v) is 5.04. The van der Waals surface area contributed by atoms with Gasteiger partial charge in [0.25, 0.3) is 5.90 Å². The number of rotatable bonds is 3. The van der Waals surface area contributed by atoms with E-state index in [1.165, 1.54) is 32.4 Å². The van der Waals surface area contributed by atoms with Crippen molar-refractivity contribution in [2.75, 3.05) is 26.2 Å². The van der Waals surface area contributed by atoms with Gasteiger partial charge in [-0.1, -0.05) is 6.42 Å². The minimum Gasteiger partial charge on any atom is -0.467 e. The molecular formula is C14H19N3O2. The van der Waals surface area contributed by atoms with Gasteiger partial charge in [0, 0.05) is 18.9 Å². The molecule has 0 amide bonds. The van der Waals surface area contributed by atoms with Crippen LogP contribution < -0.4 is 0 Å². The lowest BCUT2D eigenvalue weighted by Gasteiger charge is -2.31. The molecule has 3 rings (SSSR count). The van der Waals surface area contributed by atoms with E-state index in [2.05, 4.69) is 15.0 Å². The molecule has 1 saturated heterocycles. The summed E-state index contributed by atoms with van der Waals surface area (Å²) in [5, 5.41) is 3.98. The zero-order valence-electron chi connectivity index (χ0n) is 11.0. The first-order chi connectivity index (χ1) is 9.42. The van der Waals surface area contributed by atoms with E-state index in [4.69, 9.17) is 9.57 Å². The number of pyridine rings is 1. The summed E-state index contributed by atoms with van der Waals surface area (Å²) in [4.78, 5) is 11.8. The van der Waals surface area contributed by atoms with Crippen molar-refractivity contribution in [3.05, 3.63) is 30.1 Å². The Kier molecular flexibility index (Phi) is 3.93. The van der Waals surface area contributed by atoms with Gasteiger partial charge in [0.05, 0.1) is 5.56 Å². The SMILES string of the molecule is c1cncc(C2=NOCC(CN3CCCCC3)O2)c1. The first-order valence-electron chi connectivity index (χ1n) is 6.91. The van der Waals surface area contributed by atoms with Gasteiger partial charge in [0.2, 0.25) is 0 Å². The number of nitrogens with zero attached hydrogens (tertiary/aromatic N) is 3. The van der Waals surface area contributed by atoms with E-state index >= 15 is 0 Å². The predicted octanol–water partition coefficient (Wildman–Crippen LogP) is 1.64. The van der Waals surface area contributed by atoms with Crippen LogP contribution in [0.1, 0.15) is 24.8 Å². The standard InChI is InChI=1S/C14H19N3O2/c1-2-7-17(8-3-1)10-13-11-18-16-14(19-13)12-5-4-6-15-9-12/h4-6,9,13H,1-3,7-8,10-11H2. The molecule has 0 N–H and O–H groups in total. The number of piperidine rings is 1. The lowest BCUT2D eigenvalue weighted by atomic mass is 10.1. The molecule has 2 aliphatic rings. The van der Waals surface area contributed by atoms with E-state index in [0.717, 1.165) is 12.1 Å². The zero-order valence-corrected chi connectivity index (χ0v) is 11.0. The number of likely N-dealkylation sites (tertiary alicyclic amines) is 1. The van der Waals surface area contributed by atoms with E-state index in [1.54, 1.807) is 12.4 Å². The van der Waals surface area contributed by atoms with Crippen molar-refractivity contribution in [1.82, 2.24) is 9.88 Å². The van der Waals surface area contributed by atoms with Crippen LogP contribution in [0.4, 0.5) is 0 Å². The molecule has 19 heavy (non-hydrogen) atoms. The Morgan fingerprint density at radius 2 is 2.16 bits per heavy atom. The van der Waals surface area contributed by atoms with E-state index in [-0.39, 0.29) is 6.10 Å².